The molecule has 1 heterocycles. The lowest BCUT2D eigenvalue weighted by Crippen LogP contribution is -2.49. The van der Waals surface area contributed by atoms with Gasteiger partial charge in [0.25, 0.3) is 0 Å². The fourth-order valence-corrected chi connectivity index (χ4v) is 1.51. The molecule has 1 aliphatic heterocycles. The maximum absolute atomic E-state index is 10.1. The second-order valence-corrected chi connectivity index (χ2v) is 3.65. The van der Waals surface area contributed by atoms with Crippen molar-refractivity contribution in [1.29, 1.82) is 0 Å². The first-order valence-corrected chi connectivity index (χ1v) is 4.56. The normalized spacial score (nSPS) is 22.0. The molecule has 0 bridgehead atoms. The topological polar surface area (TPSA) is 91.3 Å². The average Bonchev–Trinajstić information content (AvgIpc) is 2.17. The summed E-state index contributed by atoms with van der Waals surface area (Å²) < 4.78 is 5.14. The molecule has 0 aromatic heterocycles. The van der Waals surface area contributed by atoms with Crippen molar-refractivity contribution in [3.05, 3.63) is 0 Å². The van der Waals surface area contributed by atoms with E-state index in [1.807, 2.05) is 0 Å². The Kier molecular flexibility index (Phi) is 3.54. The minimum absolute atomic E-state index is 0.00455. The second-order valence-electron chi connectivity index (χ2n) is 3.65. The zero-order chi connectivity index (χ0) is 10.6. The number of nitrogens with two attached hydrogens (primary N) is 1. The third-order valence-corrected chi connectivity index (χ3v) is 2.45. The van der Waals surface area contributed by atoms with Gasteiger partial charge in [0.2, 0.25) is 5.96 Å². The van der Waals surface area contributed by atoms with Gasteiger partial charge in [0.1, 0.15) is 0 Å². The molecule has 1 fully saturated rings. The van der Waals surface area contributed by atoms with Gasteiger partial charge in [0.15, 0.2) is 0 Å². The molecule has 14 heavy (non-hydrogen) atoms. The molecule has 0 amide bonds. The highest BCUT2D eigenvalue weighted by molar-refractivity contribution is 5.77. The SMILES string of the molecule is CN(CC1(O)CCOCC1)C(N)=NO. The number of ether oxygens (including phenoxy) is 1. The number of aliphatic hydroxyl groups is 1. The molecule has 0 radical (unpaired) electrons. The van der Waals surface area contributed by atoms with Crippen LogP contribution in [-0.2, 0) is 4.74 Å². The van der Waals surface area contributed by atoms with Crippen molar-refractivity contribution in [3.8, 4) is 0 Å². The van der Waals surface area contributed by atoms with E-state index in [9.17, 15) is 5.11 Å². The molecule has 0 atom stereocenters. The summed E-state index contributed by atoms with van der Waals surface area (Å²) in [6, 6.07) is 0. The van der Waals surface area contributed by atoms with Crippen LogP contribution in [0.3, 0.4) is 0 Å². The number of hydrogen-bond donors (Lipinski definition) is 3. The predicted octanol–water partition coefficient (Wildman–Crippen LogP) is -0.836. The van der Waals surface area contributed by atoms with Crippen LogP contribution in [0.5, 0.6) is 0 Å². The molecule has 6 nitrogen and oxygen atoms in total. The van der Waals surface area contributed by atoms with Crippen LogP contribution in [-0.4, -0.2) is 53.6 Å². The van der Waals surface area contributed by atoms with E-state index >= 15 is 0 Å². The summed E-state index contributed by atoms with van der Waals surface area (Å²) >= 11 is 0. The Bertz CT molecular complexity index is 214. The second kappa shape index (κ2) is 4.47. The smallest absolute Gasteiger partial charge is 0.233 e. The van der Waals surface area contributed by atoms with Gasteiger partial charge >= 0.3 is 0 Å². The van der Waals surface area contributed by atoms with Crippen LogP contribution in [0.4, 0.5) is 0 Å². The molecular weight excluding hydrogens is 186 g/mol. The summed E-state index contributed by atoms with van der Waals surface area (Å²) in [4.78, 5) is 1.52. The van der Waals surface area contributed by atoms with E-state index in [4.69, 9.17) is 15.7 Å². The van der Waals surface area contributed by atoms with Gasteiger partial charge < -0.3 is 25.7 Å². The first-order valence-electron chi connectivity index (χ1n) is 4.56. The van der Waals surface area contributed by atoms with Crippen LogP contribution in [0.1, 0.15) is 12.8 Å². The summed E-state index contributed by atoms with van der Waals surface area (Å²) in [5.41, 5.74) is 4.59. The van der Waals surface area contributed by atoms with E-state index < -0.39 is 5.60 Å². The number of guanidine groups is 1. The monoisotopic (exact) mass is 203 g/mol. The van der Waals surface area contributed by atoms with Crippen LogP contribution < -0.4 is 5.73 Å². The van der Waals surface area contributed by atoms with Crippen molar-refractivity contribution in [2.24, 2.45) is 10.9 Å². The Balaban J connectivity index is 2.49. The molecule has 82 valence electrons. The molecular formula is C8H17N3O3. The first kappa shape index (κ1) is 11.1. The highest BCUT2D eigenvalue weighted by atomic mass is 16.5. The quantitative estimate of drug-likeness (QED) is 0.236. The summed E-state index contributed by atoms with van der Waals surface area (Å²) in [5.74, 6) is 0.00455. The lowest BCUT2D eigenvalue weighted by Gasteiger charge is -2.35. The largest absolute Gasteiger partial charge is 0.408 e. The van der Waals surface area contributed by atoms with Crippen LogP contribution in [0, 0.1) is 0 Å². The van der Waals surface area contributed by atoms with E-state index in [0.29, 0.717) is 32.6 Å². The predicted molar refractivity (Wildman–Crippen MR) is 51.0 cm³/mol. The first-order chi connectivity index (χ1) is 6.57. The fraction of sp³-hybridized carbons (Fsp3) is 0.875. The number of likely N-dealkylation sites (N-methyl/N-ethyl adjacent to an activating group) is 1. The van der Waals surface area contributed by atoms with Gasteiger partial charge in [-0.1, -0.05) is 5.16 Å². The molecule has 1 aliphatic rings. The molecule has 0 saturated carbocycles. The molecule has 0 spiro atoms. The third-order valence-electron chi connectivity index (χ3n) is 2.45. The molecule has 1 rings (SSSR count). The van der Waals surface area contributed by atoms with Gasteiger partial charge in [0.05, 0.1) is 5.60 Å². The number of hydrogen-bond acceptors (Lipinski definition) is 4. The van der Waals surface area contributed by atoms with Gasteiger partial charge in [0, 0.05) is 39.6 Å². The minimum atomic E-state index is -0.789. The van der Waals surface area contributed by atoms with E-state index in [1.165, 1.54) is 4.90 Å². The zero-order valence-corrected chi connectivity index (χ0v) is 8.31. The highest BCUT2D eigenvalue weighted by Crippen LogP contribution is 2.20. The summed E-state index contributed by atoms with van der Waals surface area (Å²) in [6.07, 6.45) is 1.16. The van der Waals surface area contributed by atoms with E-state index in [0.717, 1.165) is 0 Å². The maximum atomic E-state index is 10.1. The third kappa shape index (κ3) is 2.74. The van der Waals surface area contributed by atoms with Crippen LogP contribution >= 0.6 is 0 Å². The fourth-order valence-electron chi connectivity index (χ4n) is 1.51. The van der Waals surface area contributed by atoms with E-state index in [1.54, 1.807) is 7.05 Å². The Labute approximate surface area is 82.9 Å². The van der Waals surface area contributed by atoms with Gasteiger partial charge in [-0.05, 0) is 0 Å². The van der Waals surface area contributed by atoms with Crippen molar-refractivity contribution < 1.29 is 15.1 Å². The standard InChI is InChI=1S/C8H17N3O3/c1-11(7(9)10-13)6-8(12)2-4-14-5-3-8/h12-13H,2-6H2,1H3,(H2,9,10). The van der Waals surface area contributed by atoms with Crippen LogP contribution in [0.2, 0.25) is 0 Å². The van der Waals surface area contributed by atoms with Crippen molar-refractivity contribution >= 4 is 5.96 Å². The Morgan fingerprint density at radius 2 is 2.14 bits per heavy atom. The van der Waals surface area contributed by atoms with Crippen molar-refractivity contribution in [2.75, 3.05) is 26.8 Å². The lowest BCUT2D eigenvalue weighted by atomic mass is 9.94. The maximum Gasteiger partial charge on any atom is 0.233 e. The molecule has 1 saturated heterocycles. The zero-order valence-electron chi connectivity index (χ0n) is 8.31. The average molecular weight is 203 g/mol. The Morgan fingerprint density at radius 1 is 1.57 bits per heavy atom. The van der Waals surface area contributed by atoms with Crippen molar-refractivity contribution in [2.45, 2.75) is 18.4 Å². The van der Waals surface area contributed by atoms with Gasteiger partial charge in [-0.25, -0.2) is 0 Å². The van der Waals surface area contributed by atoms with E-state index in [2.05, 4.69) is 5.16 Å². The van der Waals surface area contributed by atoms with E-state index in [-0.39, 0.29) is 5.96 Å². The van der Waals surface area contributed by atoms with Crippen molar-refractivity contribution in [1.82, 2.24) is 4.90 Å². The Hall–Kier alpha value is -1.01. The van der Waals surface area contributed by atoms with Gasteiger partial charge in [-0.15, -0.1) is 0 Å². The van der Waals surface area contributed by atoms with Crippen LogP contribution in [0.15, 0.2) is 5.16 Å². The highest BCUT2D eigenvalue weighted by Gasteiger charge is 2.31. The van der Waals surface area contributed by atoms with Crippen molar-refractivity contribution in [3.63, 3.8) is 0 Å². The minimum Gasteiger partial charge on any atom is -0.408 e. The molecule has 0 unspecified atom stereocenters. The van der Waals surface area contributed by atoms with Gasteiger partial charge in [-0.3, -0.25) is 0 Å². The molecule has 0 aromatic rings. The van der Waals surface area contributed by atoms with Crippen LogP contribution in [0.25, 0.3) is 0 Å². The number of rotatable bonds is 2. The molecule has 4 N–H and O–H groups in total. The summed E-state index contributed by atoms with van der Waals surface area (Å²) in [7, 11) is 1.67. The Morgan fingerprint density at radius 3 is 2.64 bits per heavy atom. The summed E-state index contributed by atoms with van der Waals surface area (Å²) in [6.45, 7) is 1.47. The molecule has 0 aliphatic carbocycles. The molecule has 0 aromatic carbocycles. The summed E-state index contributed by atoms with van der Waals surface area (Å²) in [5, 5.41) is 21.4. The lowest BCUT2D eigenvalue weighted by molar-refractivity contribution is -0.0704. The number of nitrogens with zero attached hydrogens (tertiary/aromatic N) is 2. The van der Waals surface area contributed by atoms with Gasteiger partial charge in [-0.2, -0.15) is 0 Å². The molecule has 6 heteroatoms. The number of oxime groups is 1.